The highest BCUT2D eigenvalue weighted by Crippen LogP contribution is 2.31. The van der Waals surface area contributed by atoms with Crippen molar-refractivity contribution in [3.05, 3.63) is 53.9 Å². The van der Waals surface area contributed by atoms with Crippen LogP contribution in [0.4, 0.5) is 0 Å². The summed E-state index contributed by atoms with van der Waals surface area (Å²) in [5.41, 5.74) is 3.00. The van der Waals surface area contributed by atoms with Crippen LogP contribution in [-0.2, 0) is 13.0 Å². The van der Waals surface area contributed by atoms with Crippen LogP contribution in [0.2, 0.25) is 0 Å². The van der Waals surface area contributed by atoms with Crippen molar-refractivity contribution in [3.63, 3.8) is 0 Å². The molecule has 0 saturated heterocycles. The van der Waals surface area contributed by atoms with Crippen LogP contribution in [0.15, 0.2) is 47.7 Å². The van der Waals surface area contributed by atoms with Gasteiger partial charge in [0, 0.05) is 44.5 Å². The molecule has 0 bridgehead atoms. The monoisotopic (exact) mass is 467 g/mol. The minimum atomic E-state index is 0. The minimum absolute atomic E-state index is 0. The molecule has 1 heterocycles. The lowest BCUT2D eigenvalue weighted by Gasteiger charge is -2.24. The van der Waals surface area contributed by atoms with Gasteiger partial charge in [0.2, 0.25) is 0 Å². The van der Waals surface area contributed by atoms with Crippen molar-refractivity contribution in [1.29, 1.82) is 0 Å². The molecule has 0 aliphatic heterocycles. The Morgan fingerprint density at radius 3 is 2.96 bits per heavy atom. The van der Waals surface area contributed by atoms with Gasteiger partial charge in [-0.1, -0.05) is 24.3 Å². The second kappa shape index (κ2) is 11.2. The summed E-state index contributed by atoms with van der Waals surface area (Å²) >= 11 is 0. The lowest BCUT2D eigenvalue weighted by molar-refractivity contribution is 0.555. The summed E-state index contributed by atoms with van der Waals surface area (Å²) in [6, 6.07) is 10.8. The van der Waals surface area contributed by atoms with Crippen LogP contribution < -0.4 is 10.6 Å². The number of fused-ring (bicyclic) bond motifs is 1. The van der Waals surface area contributed by atoms with Crippen LogP contribution >= 0.6 is 24.0 Å². The molecule has 1 aromatic carbocycles. The third kappa shape index (κ3) is 6.00. The molecular weight excluding hydrogens is 437 g/mol. The predicted octanol–water partition coefficient (Wildman–Crippen LogP) is 3.57. The van der Waals surface area contributed by atoms with Crippen molar-refractivity contribution < 1.29 is 0 Å². The highest BCUT2D eigenvalue weighted by Gasteiger charge is 2.19. The van der Waals surface area contributed by atoms with Crippen LogP contribution in [0.3, 0.4) is 0 Å². The van der Waals surface area contributed by atoms with Gasteiger partial charge in [0.05, 0.1) is 0 Å². The number of hydrogen-bond acceptors (Lipinski definition) is 2. The first-order valence-corrected chi connectivity index (χ1v) is 9.44. The minimum Gasteiger partial charge on any atom is -0.357 e. The normalized spacial score (nSPS) is 16.5. The predicted molar refractivity (Wildman–Crippen MR) is 118 cm³/mol. The number of halogens is 1. The average molecular weight is 467 g/mol. The number of aryl methyl sites for hydroxylation is 2. The topological polar surface area (TPSA) is 54.2 Å². The lowest BCUT2D eigenvalue weighted by Crippen LogP contribution is -2.38. The Labute approximate surface area is 173 Å². The summed E-state index contributed by atoms with van der Waals surface area (Å²) in [6.45, 7) is 5.66. The van der Waals surface area contributed by atoms with Crippen LogP contribution in [0.5, 0.6) is 0 Å². The molecule has 0 radical (unpaired) electrons. The van der Waals surface area contributed by atoms with Crippen molar-refractivity contribution in [3.8, 4) is 0 Å². The standard InChI is InChI=1S/C20H29N5.HI/c1-2-21-20(22-12-6-14-25-15-7-13-24-25)23-16-18-10-5-9-17-8-3-4-11-19(17)18;/h3-4,7-8,11,13,15,18H,2,5-6,9-10,12,14,16H2,1H3,(H2,21,22,23);1H. The molecule has 1 atom stereocenters. The number of nitrogens with zero attached hydrogens (tertiary/aromatic N) is 3. The van der Waals surface area contributed by atoms with E-state index in [1.165, 1.54) is 30.4 Å². The largest absolute Gasteiger partial charge is 0.357 e. The molecule has 6 heteroatoms. The van der Waals surface area contributed by atoms with Crippen LogP contribution in [0, 0.1) is 0 Å². The Morgan fingerprint density at radius 2 is 2.15 bits per heavy atom. The summed E-state index contributed by atoms with van der Waals surface area (Å²) < 4.78 is 1.96. The molecule has 3 rings (SSSR count). The SMILES string of the molecule is CCNC(=NCC1CCCc2ccccc21)NCCCn1cccn1.I. The highest BCUT2D eigenvalue weighted by atomic mass is 127. The van der Waals surface area contributed by atoms with E-state index in [9.17, 15) is 0 Å². The van der Waals surface area contributed by atoms with E-state index in [2.05, 4.69) is 46.9 Å². The number of hydrogen-bond donors (Lipinski definition) is 2. The van der Waals surface area contributed by atoms with Crippen LogP contribution in [-0.4, -0.2) is 35.4 Å². The number of nitrogens with one attached hydrogen (secondary N) is 2. The van der Waals surface area contributed by atoms with Crippen molar-refractivity contribution >= 4 is 29.9 Å². The molecule has 1 aliphatic rings. The van der Waals surface area contributed by atoms with Gasteiger partial charge in [0.1, 0.15) is 0 Å². The number of aromatic nitrogens is 2. The van der Waals surface area contributed by atoms with E-state index in [-0.39, 0.29) is 24.0 Å². The molecule has 2 aromatic rings. The fourth-order valence-corrected chi connectivity index (χ4v) is 3.47. The van der Waals surface area contributed by atoms with E-state index in [0.29, 0.717) is 5.92 Å². The van der Waals surface area contributed by atoms with Crippen LogP contribution in [0.25, 0.3) is 0 Å². The zero-order chi connectivity index (χ0) is 17.3. The zero-order valence-corrected chi connectivity index (χ0v) is 17.9. The third-order valence-electron chi connectivity index (χ3n) is 4.72. The summed E-state index contributed by atoms with van der Waals surface area (Å²) in [4.78, 5) is 4.84. The molecule has 0 spiro atoms. The summed E-state index contributed by atoms with van der Waals surface area (Å²) in [6.07, 6.45) is 8.56. The van der Waals surface area contributed by atoms with Crippen LogP contribution in [0.1, 0.15) is 43.2 Å². The van der Waals surface area contributed by atoms with E-state index in [1.54, 1.807) is 0 Å². The summed E-state index contributed by atoms with van der Waals surface area (Å²) in [5.74, 6) is 1.47. The first-order valence-electron chi connectivity index (χ1n) is 9.44. The first kappa shape index (κ1) is 20.7. The molecule has 142 valence electrons. The van der Waals surface area contributed by atoms with Crippen molar-refractivity contribution in [2.75, 3.05) is 19.6 Å². The lowest BCUT2D eigenvalue weighted by atomic mass is 9.83. The Balaban J connectivity index is 0.00000243. The molecule has 2 N–H and O–H groups in total. The molecule has 26 heavy (non-hydrogen) atoms. The second-order valence-corrected chi connectivity index (χ2v) is 6.56. The van der Waals surface area contributed by atoms with Gasteiger partial charge in [-0.15, -0.1) is 24.0 Å². The fourth-order valence-electron chi connectivity index (χ4n) is 3.47. The van der Waals surface area contributed by atoms with E-state index < -0.39 is 0 Å². The Hall–Kier alpha value is -1.57. The van der Waals surface area contributed by atoms with Gasteiger partial charge in [0.25, 0.3) is 0 Å². The number of benzene rings is 1. The molecule has 1 unspecified atom stereocenters. The van der Waals surface area contributed by atoms with Gasteiger partial charge in [-0.2, -0.15) is 5.10 Å². The molecule has 0 saturated carbocycles. The maximum Gasteiger partial charge on any atom is 0.191 e. The quantitative estimate of drug-likeness (QED) is 0.284. The third-order valence-corrected chi connectivity index (χ3v) is 4.72. The van der Waals surface area contributed by atoms with E-state index in [0.717, 1.165) is 38.6 Å². The fraction of sp³-hybridized carbons (Fsp3) is 0.500. The molecular formula is C20H30IN5. The molecule has 0 fully saturated rings. The smallest absolute Gasteiger partial charge is 0.191 e. The molecule has 1 aromatic heterocycles. The molecule has 0 amide bonds. The van der Waals surface area contributed by atoms with E-state index in [4.69, 9.17) is 4.99 Å². The Bertz CT molecular complexity index is 669. The van der Waals surface area contributed by atoms with Gasteiger partial charge in [-0.05, 0) is 49.8 Å². The van der Waals surface area contributed by atoms with Gasteiger partial charge >= 0.3 is 0 Å². The number of rotatable bonds is 7. The first-order chi connectivity index (χ1) is 12.4. The van der Waals surface area contributed by atoms with Gasteiger partial charge < -0.3 is 10.6 Å². The maximum atomic E-state index is 4.84. The van der Waals surface area contributed by atoms with E-state index >= 15 is 0 Å². The summed E-state index contributed by atoms with van der Waals surface area (Å²) in [7, 11) is 0. The zero-order valence-electron chi connectivity index (χ0n) is 15.5. The number of aliphatic imine (C=N–C) groups is 1. The van der Waals surface area contributed by atoms with Gasteiger partial charge in [-0.25, -0.2) is 0 Å². The Kier molecular flexibility index (Phi) is 8.94. The van der Waals surface area contributed by atoms with Crippen molar-refractivity contribution in [2.45, 2.75) is 45.1 Å². The highest BCUT2D eigenvalue weighted by molar-refractivity contribution is 14.0. The van der Waals surface area contributed by atoms with Crippen molar-refractivity contribution in [1.82, 2.24) is 20.4 Å². The van der Waals surface area contributed by atoms with Crippen molar-refractivity contribution in [2.24, 2.45) is 4.99 Å². The number of guanidine groups is 1. The van der Waals surface area contributed by atoms with Gasteiger partial charge in [-0.3, -0.25) is 9.67 Å². The van der Waals surface area contributed by atoms with E-state index in [1.807, 2.05) is 23.1 Å². The maximum absolute atomic E-state index is 4.84. The van der Waals surface area contributed by atoms with Gasteiger partial charge in [0.15, 0.2) is 5.96 Å². The summed E-state index contributed by atoms with van der Waals surface area (Å²) in [5, 5.41) is 11.0. The second-order valence-electron chi connectivity index (χ2n) is 6.56. The molecule has 1 aliphatic carbocycles. The Morgan fingerprint density at radius 1 is 1.27 bits per heavy atom. The average Bonchev–Trinajstić information content (AvgIpc) is 3.16. The molecule has 5 nitrogen and oxygen atoms in total.